The summed E-state index contributed by atoms with van der Waals surface area (Å²) in [7, 11) is 0. The molecule has 1 N–H and O–H groups in total. The quantitative estimate of drug-likeness (QED) is 0.726. The first-order valence-electron chi connectivity index (χ1n) is 9.94. The number of nitrogens with one attached hydrogen (secondary N) is 1. The van der Waals surface area contributed by atoms with Crippen LogP contribution in [0, 0.1) is 5.92 Å². The number of piperidine rings is 1. The van der Waals surface area contributed by atoms with Crippen molar-refractivity contribution in [2.75, 3.05) is 19.6 Å². The Bertz CT molecular complexity index is 744. The van der Waals surface area contributed by atoms with Gasteiger partial charge in [0.15, 0.2) is 4.90 Å². The van der Waals surface area contributed by atoms with Gasteiger partial charge in [-0.05, 0) is 46.9 Å². The summed E-state index contributed by atoms with van der Waals surface area (Å²) in [6, 6.07) is 13.0. The van der Waals surface area contributed by atoms with E-state index in [-0.39, 0.29) is 11.2 Å². The smallest absolute Gasteiger partial charge is 0.270 e. The second-order valence-electron chi connectivity index (χ2n) is 7.73. The SMILES string of the molecule is CC(C)CN1CCC([S+]([O-])c2ccc(CNC(=O)c3ccccn3)cc2)CC1. The normalized spacial score (nSPS) is 16.9. The minimum atomic E-state index is -0.972. The first-order chi connectivity index (χ1) is 13.5. The van der Waals surface area contributed by atoms with Gasteiger partial charge in [0.05, 0.1) is 0 Å². The van der Waals surface area contributed by atoms with Crippen molar-refractivity contribution in [2.24, 2.45) is 5.92 Å². The Hall–Kier alpha value is -1.89. The Balaban J connectivity index is 1.49. The van der Waals surface area contributed by atoms with E-state index in [0.717, 1.165) is 42.9 Å². The van der Waals surface area contributed by atoms with Crippen molar-refractivity contribution in [3.05, 3.63) is 59.9 Å². The van der Waals surface area contributed by atoms with Gasteiger partial charge in [-0.1, -0.05) is 32.0 Å². The molecule has 2 heterocycles. The summed E-state index contributed by atoms with van der Waals surface area (Å²) in [5, 5.41) is 3.10. The third-order valence-corrected chi connectivity index (χ3v) is 6.78. The first-order valence-corrected chi connectivity index (χ1v) is 11.2. The highest BCUT2D eigenvalue weighted by molar-refractivity contribution is 7.92. The Kier molecular flexibility index (Phi) is 7.48. The van der Waals surface area contributed by atoms with Gasteiger partial charge in [0, 0.05) is 45.2 Å². The second-order valence-corrected chi connectivity index (χ2v) is 9.47. The Morgan fingerprint density at radius 1 is 1.21 bits per heavy atom. The lowest BCUT2D eigenvalue weighted by Gasteiger charge is -2.33. The van der Waals surface area contributed by atoms with Gasteiger partial charge >= 0.3 is 0 Å². The van der Waals surface area contributed by atoms with Crippen LogP contribution in [0.3, 0.4) is 0 Å². The van der Waals surface area contributed by atoms with Gasteiger partial charge in [0.2, 0.25) is 0 Å². The summed E-state index contributed by atoms with van der Waals surface area (Å²) in [6.07, 6.45) is 3.58. The van der Waals surface area contributed by atoms with E-state index in [4.69, 9.17) is 0 Å². The van der Waals surface area contributed by atoms with Gasteiger partial charge in [0.1, 0.15) is 10.9 Å². The van der Waals surface area contributed by atoms with Gasteiger partial charge in [0.25, 0.3) is 5.91 Å². The minimum absolute atomic E-state index is 0.193. The topological polar surface area (TPSA) is 68.3 Å². The van der Waals surface area contributed by atoms with Crippen molar-refractivity contribution in [1.29, 1.82) is 0 Å². The highest BCUT2D eigenvalue weighted by Crippen LogP contribution is 2.25. The number of aromatic nitrogens is 1. The number of hydrogen-bond acceptors (Lipinski definition) is 4. The molecule has 1 atom stereocenters. The fourth-order valence-corrected chi connectivity index (χ4v) is 4.95. The molecule has 1 aliphatic heterocycles. The van der Waals surface area contributed by atoms with E-state index in [2.05, 4.69) is 29.0 Å². The van der Waals surface area contributed by atoms with E-state index in [1.165, 1.54) is 0 Å². The summed E-state index contributed by atoms with van der Waals surface area (Å²) in [6.45, 7) is 8.10. The molecule has 1 aromatic carbocycles. The zero-order valence-corrected chi connectivity index (χ0v) is 17.5. The summed E-state index contributed by atoms with van der Waals surface area (Å²) in [4.78, 5) is 19.5. The lowest BCUT2D eigenvalue weighted by atomic mass is 10.1. The van der Waals surface area contributed by atoms with E-state index >= 15 is 0 Å². The highest BCUT2D eigenvalue weighted by Gasteiger charge is 2.29. The molecule has 5 nitrogen and oxygen atoms in total. The minimum Gasteiger partial charge on any atom is -0.611 e. The number of pyridine rings is 1. The van der Waals surface area contributed by atoms with Gasteiger partial charge in [-0.3, -0.25) is 9.78 Å². The maximum atomic E-state index is 12.9. The standard InChI is InChI=1S/C22H29N3O2S/c1-17(2)16-25-13-10-20(11-14-25)28(27)19-8-6-18(7-9-19)15-24-22(26)21-5-3-4-12-23-21/h3-9,12,17,20H,10-11,13-16H2,1-2H3,(H,24,26). The third-order valence-electron chi connectivity index (χ3n) is 4.97. The van der Waals surface area contributed by atoms with Crippen LogP contribution in [0.2, 0.25) is 0 Å². The molecule has 1 fully saturated rings. The number of hydrogen-bond donors (Lipinski definition) is 1. The molecule has 6 heteroatoms. The van der Waals surface area contributed by atoms with E-state index < -0.39 is 11.2 Å². The number of benzene rings is 1. The van der Waals surface area contributed by atoms with Gasteiger partial charge in [-0.2, -0.15) is 0 Å². The summed E-state index contributed by atoms with van der Waals surface area (Å²) < 4.78 is 12.9. The number of carbonyl (C=O) groups is 1. The van der Waals surface area contributed by atoms with Crippen molar-refractivity contribution >= 4 is 17.1 Å². The van der Waals surface area contributed by atoms with Crippen molar-refractivity contribution in [2.45, 2.75) is 43.4 Å². The lowest BCUT2D eigenvalue weighted by molar-refractivity contribution is 0.0946. The van der Waals surface area contributed by atoms with Crippen molar-refractivity contribution in [1.82, 2.24) is 15.2 Å². The molecule has 0 bridgehead atoms. The molecule has 0 spiro atoms. The maximum absolute atomic E-state index is 12.9. The fourth-order valence-electron chi connectivity index (χ4n) is 3.53. The number of likely N-dealkylation sites (tertiary alicyclic amines) is 1. The van der Waals surface area contributed by atoms with Gasteiger partial charge in [-0.25, -0.2) is 0 Å². The van der Waals surface area contributed by atoms with Crippen LogP contribution < -0.4 is 5.32 Å². The number of rotatable bonds is 7. The molecular formula is C22H29N3O2S. The van der Waals surface area contributed by atoms with E-state index in [1.54, 1.807) is 24.4 Å². The molecular weight excluding hydrogens is 370 g/mol. The average molecular weight is 400 g/mol. The van der Waals surface area contributed by atoms with Crippen LogP contribution in [0.5, 0.6) is 0 Å². The number of nitrogens with zero attached hydrogens (tertiary/aromatic N) is 2. The summed E-state index contributed by atoms with van der Waals surface area (Å²) >= 11 is -0.972. The van der Waals surface area contributed by atoms with E-state index in [1.807, 2.05) is 24.3 Å². The van der Waals surface area contributed by atoms with Crippen LogP contribution in [0.1, 0.15) is 42.7 Å². The Morgan fingerprint density at radius 3 is 2.54 bits per heavy atom. The molecule has 1 aromatic heterocycles. The highest BCUT2D eigenvalue weighted by atomic mass is 32.2. The lowest BCUT2D eigenvalue weighted by Crippen LogP contribution is -2.40. The molecule has 150 valence electrons. The molecule has 28 heavy (non-hydrogen) atoms. The Labute approximate surface area is 170 Å². The summed E-state index contributed by atoms with van der Waals surface area (Å²) in [5.41, 5.74) is 1.39. The molecule has 1 unspecified atom stereocenters. The monoisotopic (exact) mass is 399 g/mol. The predicted octanol–water partition coefficient (Wildman–Crippen LogP) is 3.24. The van der Waals surface area contributed by atoms with Crippen molar-refractivity contribution in [3.8, 4) is 0 Å². The van der Waals surface area contributed by atoms with Crippen molar-refractivity contribution in [3.63, 3.8) is 0 Å². The Morgan fingerprint density at radius 2 is 1.93 bits per heavy atom. The molecule has 2 aromatic rings. The molecule has 1 amide bonds. The molecule has 1 saturated heterocycles. The fraction of sp³-hybridized carbons (Fsp3) is 0.455. The van der Waals surface area contributed by atoms with E-state index in [0.29, 0.717) is 18.2 Å². The molecule has 0 aliphatic carbocycles. The van der Waals surface area contributed by atoms with Crippen LogP contribution in [0.25, 0.3) is 0 Å². The summed E-state index contributed by atoms with van der Waals surface area (Å²) in [5.74, 6) is 0.481. The molecule has 1 aliphatic rings. The van der Waals surface area contributed by atoms with Crippen molar-refractivity contribution < 1.29 is 9.35 Å². The number of carbonyl (C=O) groups excluding carboxylic acids is 1. The average Bonchev–Trinajstić information content (AvgIpc) is 2.72. The largest absolute Gasteiger partial charge is 0.611 e. The van der Waals surface area contributed by atoms with Crippen LogP contribution in [-0.2, 0) is 17.7 Å². The molecule has 0 radical (unpaired) electrons. The van der Waals surface area contributed by atoms with Crippen LogP contribution in [0.4, 0.5) is 0 Å². The zero-order chi connectivity index (χ0) is 19.9. The number of amides is 1. The van der Waals surface area contributed by atoms with E-state index in [9.17, 15) is 9.35 Å². The predicted molar refractivity (Wildman–Crippen MR) is 113 cm³/mol. The van der Waals surface area contributed by atoms with Gasteiger partial charge < -0.3 is 14.8 Å². The van der Waals surface area contributed by atoms with Crippen LogP contribution in [0.15, 0.2) is 53.6 Å². The maximum Gasteiger partial charge on any atom is 0.270 e. The molecule has 0 saturated carbocycles. The second kappa shape index (κ2) is 10.0. The van der Waals surface area contributed by atoms with Crippen LogP contribution >= 0.6 is 0 Å². The molecule has 3 rings (SSSR count). The zero-order valence-electron chi connectivity index (χ0n) is 16.6. The van der Waals surface area contributed by atoms with Gasteiger partial charge in [-0.15, -0.1) is 0 Å². The first kappa shape index (κ1) is 20.8. The van der Waals surface area contributed by atoms with Crippen LogP contribution in [-0.4, -0.2) is 45.2 Å². The third kappa shape index (κ3) is 5.80.